The highest BCUT2D eigenvalue weighted by atomic mass is 127. The van der Waals surface area contributed by atoms with E-state index in [1.807, 2.05) is 36.4 Å². The van der Waals surface area contributed by atoms with Crippen LogP contribution in [0, 0.1) is 17.4 Å². The van der Waals surface area contributed by atoms with Gasteiger partial charge in [0.2, 0.25) is 0 Å². The molecule has 2 N–H and O–H groups in total. The maximum atomic E-state index is 12.9. The fourth-order valence-corrected chi connectivity index (χ4v) is 4.16. The molecule has 1 fully saturated rings. The first kappa shape index (κ1) is 19.6. The third-order valence-electron chi connectivity index (χ3n) is 4.21. The summed E-state index contributed by atoms with van der Waals surface area (Å²) in [5.74, 6) is -1.61. The number of barbiturate groups is 1. The number of rotatable bonds is 2. The number of phenols is 1. The largest absolute Gasteiger partial charge is 0.506 e. The molecule has 8 heteroatoms. The number of imide groups is 2. The van der Waals surface area contributed by atoms with Crippen molar-refractivity contribution < 1.29 is 19.5 Å². The molecule has 1 heterocycles. The molecule has 0 saturated carbocycles. The van der Waals surface area contributed by atoms with Crippen LogP contribution in [0.2, 0.25) is 0 Å². The summed E-state index contributed by atoms with van der Waals surface area (Å²) in [5, 5.41) is 12.4. The van der Waals surface area contributed by atoms with Crippen LogP contribution < -0.4 is 10.2 Å². The van der Waals surface area contributed by atoms with Gasteiger partial charge in [0.05, 0.1) is 9.26 Å². The number of aryl methyl sites for hydroxylation is 2. The van der Waals surface area contributed by atoms with Crippen molar-refractivity contribution in [3.63, 3.8) is 0 Å². The summed E-state index contributed by atoms with van der Waals surface area (Å²) in [6.45, 7) is 3.79. The lowest BCUT2D eigenvalue weighted by atomic mass is 10.0. The Balaban J connectivity index is 2.09. The van der Waals surface area contributed by atoms with Crippen LogP contribution in [0.5, 0.6) is 5.75 Å². The van der Waals surface area contributed by atoms with E-state index < -0.39 is 17.8 Å². The van der Waals surface area contributed by atoms with Gasteiger partial charge in [-0.25, -0.2) is 9.69 Å². The van der Waals surface area contributed by atoms with Gasteiger partial charge in [0.15, 0.2) is 0 Å². The zero-order valence-electron chi connectivity index (χ0n) is 14.3. The van der Waals surface area contributed by atoms with Gasteiger partial charge in [-0.1, -0.05) is 22.0 Å². The fourth-order valence-electron chi connectivity index (χ4n) is 2.61. The van der Waals surface area contributed by atoms with Gasteiger partial charge in [0.25, 0.3) is 11.8 Å². The SMILES string of the molecule is Cc1ccc(N2C(=O)NC(=O)/C(=C/c3cc(Br)cc(I)c3O)C2=O)cc1C. The second-order valence-electron chi connectivity index (χ2n) is 6.05. The van der Waals surface area contributed by atoms with E-state index in [9.17, 15) is 19.5 Å². The molecule has 0 bridgehead atoms. The van der Waals surface area contributed by atoms with E-state index in [0.717, 1.165) is 16.0 Å². The van der Waals surface area contributed by atoms with Crippen molar-refractivity contribution in [2.24, 2.45) is 0 Å². The van der Waals surface area contributed by atoms with Gasteiger partial charge in [0.1, 0.15) is 11.3 Å². The zero-order valence-corrected chi connectivity index (χ0v) is 18.1. The number of hydrogen-bond donors (Lipinski definition) is 2. The molecule has 1 aliphatic heterocycles. The Morgan fingerprint density at radius 2 is 1.81 bits per heavy atom. The first-order valence-corrected chi connectivity index (χ1v) is 9.73. The number of nitrogens with zero attached hydrogens (tertiary/aromatic N) is 1. The lowest BCUT2D eigenvalue weighted by Gasteiger charge is -2.27. The van der Waals surface area contributed by atoms with Gasteiger partial charge in [-0.2, -0.15) is 0 Å². The molecule has 6 nitrogen and oxygen atoms in total. The number of benzene rings is 2. The second kappa shape index (κ2) is 7.43. The number of amides is 4. The summed E-state index contributed by atoms with van der Waals surface area (Å²) in [4.78, 5) is 38.4. The Morgan fingerprint density at radius 1 is 1.11 bits per heavy atom. The Morgan fingerprint density at radius 3 is 2.48 bits per heavy atom. The Kier molecular flexibility index (Phi) is 5.38. The number of halogens is 2. The van der Waals surface area contributed by atoms with E-state index in [1.54, 1.807) is 30.3 Å². The van der Waals surface area contributed by atoms with Crippen LogP contribution >= 0.6 is 38.5 Å². The second-order valence-corrected chi connectivity index (χ2v) is 8.13. The predicted molar refractivity (Wildman–Crippen MR) is 113 cm³/mol. The molecule has 0 aromatic heterocycles. The first-order chi connectivity index (χ1) is 12.7. The molecule has 4 amide bonds. The molecule has 1 aliphatic rings. The van der Waals surface area contributed by atoms with E-state index in [-0.39, 0.29) is 11.3 Å². The third-order valence-corrected chi connectivity index (χ3v) is 5.49. The van der Waals surface area contributed by atoms with Crippen LogP contribution in [-0.4, -0.2) is 23.0 Å². The van der Waals surface area contributed by atoms with Crippen molar-refractivity contribution in [2.75, 3.05) is 4.90 Å². The average molecular weight is 541 g/mol. The summed E-state index contributed by atoms with van der Waals surface area (Å²) in [6.07, 6.45) is 1.28. The van der Waals surface area contributed by atoms with Gasteiger partial charge >= 0.3 is 6.03 Å². The molecule has 0 spiro atoms. The molecule has 3 rings (SSSR count). The standard InChI is InChI=1S/C19H14BrIN2O4/c1-9-3-4-13(5-10(9)2)23-18(26)14(17(25)22-19(23)27)7-11-6-12(20)8-15(21)16(11)24/h3-8,24H,1-2H3,(H,22,25,27)/b14-7-. The summed E-state index contributed by atoms with van der Waals surface area (Å²) in [7, 11) is 0. The number of nitrogens with one attached hydrogen (secondary N) is 1. The number of phenolic OH excluding ortho intramolecular Hbond substituents is 1. The van der Waals surface area contributed by atoms with Crippen LogP contribution in [0.15, 0.2) is 40.4 Å². The fraction of sp³-hybridized carbons (Fsp3) is 0.105. The minimum atomic E-state index is -0.807. The smallest absolute Gasteiger partial charge is 0.335 e. The highest BCUT2D eigenvalue weighted by Crippen LogP contribution is 2.31. The van der Waals surface area contributed by atoms with Crippen molar-refractivity contribution in [3.8, 4) is 5.75 Å². The molecule has 2 aromatic carbocycles. The molecule has 0 atom stereocenters. The van der Waals surface area contributed by atoms with Crippen molar-refractivity contribution in [2.45, 2.75) is 13.8 Å². The molecule has 27 heavy (non-hydrogen) atoms. The number of urea groups is 1. The molecular formula is C19H14BrIN2O4. The lowest BCUT2D eigenvalue weighted by molar-refractivity contribution is -0.122. The van der Waals surface area contributed by atoms with E-state index in [0.29, 0.717) is 19.3 Å². The third kappa shape index (κ3) is 3.77. The van der Waals surface area contributed by atoms with Crippen LogP contribution in [0.3, 0.4) is 0 Å². The van der Waals surface area contributed by atoms with Crippen molar-refractivity contribution in [3.05, 3.63) is 60.6 Å². The van der Waals surface area contributed by atoms with Gasteiger partial charge in [-0.3, -0.25) is 14.9 Å². The Hall–Kier alpha value is -2.20. The number of carbonyl (C=O) groups is 3. The summed E-state index contributed by atoms with van der Waals surface area (Å²) in [5.41, 5.74) is 2.35. The quantitative estimate of drug-likeness (QED) is 0.342. The van der Waals surface area contributed by atoms with Crippen molar-refractivity contribution in [1.29, 1.82) is 0 Å². The van der Waals surface area contributed by atoms with Gasteiger partial charge in [-0.05, 0) is 77.9 Å². The number of hydrogen-bond acceptors (Lipinski definition) is 4. The number of anilines is 1. The summed E-state index contributed by atoms with van der Waals surface area (Å²) >= 11 is 5.26. The molecule has 0 aliphatic carbocycles. The Labute approximate surface area is 177 Å². The van der Waals surface area contributed by atoms with Crippen LogP contribution in [0.25, 0.3) is 6.08 Å². The van der Waals surface area contributed by atoms with Crippen LogP contribution in [-0.2, 0) is 9.59 Å². The molecule has 0 unspecified atom stereocenters. The normalized spacial score (nSPS) is 16.1. The Bertz CT molecular complexity index is 1030. The van der Waals surface area contributed by atoms with Crippen LogP contribution in [0.1, 0.15) is 16.7 Å². The van der Waals surface area contributed by atoms with Crippen molar-refractivity contribution in [1.82, 2.24) is 5.32 Å². The topological polar surface area (TPSA) is 86.7 Å². The minimum Gasteiger partial charge on any atom is -0.506 e. The van der Waals surface area contributed by atoms with E-state index in [4.69, 9.17) is 0 Å². The minimum absolute atomic E-state index is 0.0541. The average Bonchev–Trinajstić information content (AvgIpc) is 2.58. The molecule has 2 aromatic rings. The maximum absolute atomic E-state index is 12.9. The first-order valence-electron chi connectivity index (χ1n) is 7.85. The molecular weight excluding hydrogens is 527 g/mol. The molecule has 1 saturated heterocycles. The highest BCUT2D eigenvalue weighted by molar-refractivity contribution is 14.1. The van der Waals surface area contributed by atoms with Crippen LogP contribution in [0.4, 0.5) is 10.5 Å². The van der Waals surface area contributed by atoms with Gasteiger partial charge in [0, 0.05) is 10.0 Å². The zero-order chi connectivity index (χ0) is 19.9. The highest BCUT2D eigenvalue weighted by Gasteiger charge is 2.37. The number of carbonyl (C=O) groups excluding carboxylic acids is 3. The van der Waals surface area contributed by atoms with Gasteiger partial charge < -0.3 is 5.11 Å². The summed E-state index contributed by atoms with van der Waals surface area (Å²) < 4.78 is 1.24. The maximum Gasteiger partial charge on any atom is 0.335 e. The van der Waals surface area contributed by atoms with Crippen molar-refractivity contribution >= 4 is 68.1 Å². The van der Waals surface area contributed by atoms with E-state index in [1.165, 1.54) is 6.08 Å². The molecule has 0 radical (unpaired) electrons. The summed E-state index contributed by atoms with van der Waals surface area (Å²) in [6, 6.07) is 7.63. The number of aromatic hydroxyl groups is 1. The van der Waals surface area contributed by atoms with E-state index in [2.05, 4.69) is 21.2 Å². The molecule has 138 valence electrons. The lowest BCUT2D eigenvalue weighted by Crippen LogP contribution is -2.54. The predicted octanol–water partition coefficient (Wildman–Crippen LogP) is 4.04. The van der Waals surface area contributed by atoms with Gasteiger partial charge in [-0.15, -0.1) is 0 Å². The monoisotopic (exact) mass is 540 g/mol. The van der Waals surface area contributed by atoms with E-state index >= 15 is 0 Å².